The molecule has 6 rings (SSSR count). The van der Waals surface area contributed by atoms with Gasteiger partial charge in [-0.05, 0) is 66.9 Å². The standard InChI is InChI=1S/C22H22N6O2S/c29-21-17-8-10-31-18(17)7-9-28(21)16-5-6-19(23-12-16)24-14-3-4-15(11-14)25-22-26-20(30-27-22)13-1-2-13/h5-10,12-15H,1-4,11H2,(H,23,24)(H,25,27)/t14-,15?/m0/s1. The molecule has 4 heterocycles. The summed E-state index contributed by atoms with van der Waals surface area (Å²) in [5.74, 6) is 2.65. The first-order chi connectivity index (χ1) is 15.2. The molecule has 2 atom stereocenters. The van der Waals surface area contributed by atoms with E-state index in [0.717, 1.165) is 59.6 Å². The van der Waals surface area contributed by atoms with Gasteiger partial charge in [-0.2, -0.15) is 4.98 Å². The van der Waals surface area contributed by atoms with E-state index in [4.69, 9.17) is 4.52 Å². The van der Waals surface area contributed by atoms with Crippen molar-refractivity contribution in [3.05, 3.63) is 58.3 Å². The van der Waals surface area contributed by atoms with Gasteiger partial charge in [-0.25, -0.2) is 4.98 Å². The largest absolute Gasteiger partial charge is 0.367 e. The number of aromatic nitrogens is 4. The summed E-state index contributed by atoms with van der Waals surface area (Å²) in [6, 6.07) is 8.35. The van der Waals surface area contributed by atoms with Gasteiger partial charge in [-0.3, -0.25) is 9.36 Å². The van der Waals surface area contributed by atoms with Crippen LogP contribution in [0.25, 0.3) is 15.8 Å². The lowest BCUT2D eigenvalue weighted by molar-refractivity contribution is 0.379. The van der Waals surface area contributed by atoms with E-state index in [1.54, 1.807) is 22.1 Å². The second-order valence-electron chi connectivity index (χ2n) is 8.32. The Hall–Kier alpha value is -3.20. The van der Waals surface area contributed by atoms with E-state index in [1.807, 2.05) is 35.8 Å². The molecule has 9 heteroatoms. The lowest BCUT2D eigenvalue weighted by Gasteiger charge is -2.15. The van der Waals surface area contributed by atoms with Gasteiger partial charge in [0, 0.05) is 28.9 Å². The van der Waals surface area contributed by atoms with Gasteiger partial charge >= 0.3 is 0 Å². The zero-order valence-corrected chi connectivity index (χ0v) is 17.6. The van der Waals surface area contributed by atoms with Gasteiger partial charge in [-0.15, -0.1) is 11.3 Å². The fourth-order valence-electron chi connectivity index (χ4n) is 4.21. The molecular formula is C22H22N6O2S. The number of anilines is 2. The number of pyridine rings is 2. The van der Waals surface area contributed by atoms with Gasteiger partial charge in [0.15, 0.2) is 0 Å². The first kappa shape index (κ1) is 18.6. The maximum Gasteiger partial charge on any atom is 0.263 e. The Kier molecular flexibility index (Phi) is 4.48. The van der Waals surface area contributed by atoms with Gasteiger partial charge in [0.1, 0.15) is 5.82 Å². The van der Waals surface area contributed by atoms with Crippen LogP contribution in [0.2, 0.25) is 0 Å². The van der Waals surface area contributed by atoms with Crippen molar-refractivity contribution in [2.75, 3.05) is 10.6 Å². The Labute approximate surface area is 182 Å². The van der Waals surface area contributed by atoms with E-state index < -0.39 is 0 Å². The molecule has 0 amide bonds. The summed E-state index contributed by atoms with van der Waals surface area (Å²) in [5, 5.41) is 13.6. The first-order valence-corrected chi connectivity index (χ1v) is 11.5. The van der Waals surface area contributed by atoms with Crippen LogP contribution in [0, 0.1) is 0 Å². The molecule has 4 aromatic heterocycles. The van der Waals surface area contributed by atoms with Crippen LogP contribution in [0.3, 0.4) is 0 Å². The second-order valence-corrected chi connectivity index (χ2v) is 9.26. The number of rotatable bonds is 6. The van der Waals surface area contributed by atoms with Crippen LogP contribution < -0.4 is 16.2 Å². The Balaban J connectivity index is 1.09. The molecule has 0 radical (unpaired) electrons. The van der Waals surface area contributed by atoms with Crippen molar-refractivity contribution in [1.29, 1.82) is 0 Å². The Morgan fingerprint density at radius 3 is 2.74 bits per heavy atom. The van der Waals surface area contributed by atoms with Crippen LogP contribution in [0.1, 0.15) is 43.9 Å². The number of nitrogens with zero attached hydrogens (tertiary/aromatic N) is 4. The molecule has 0 bridgehead atoms. The maximum atomic E-state index is 12.7. The third kappa shape index (κ3) is 3.69. The van der Waals surface area contributed by atoms with Gasteiger partial charge in [0.05, 0.1) is 17.3 Å². The van der Waals surface area contributed by atoms with Crippen LogP contribution in [-0.2, 0) is 0 Å². The molecule has 31 heavy (non-hydrogen) atoms. The van der Waals surface area contributed by atoms with Crippen LogP contribution in [-0.4, -0.2) is 31.8 Å². The quantitative estimate of drug-likeness (QED) is 0.470. The Morgan fingerprint density at radius 2 is 1.94 bits per heavy atom. The highest BCUT2D eigenvalue weighted by Crippen LogP contribution is 2.39. The van der Waals surface area contributed by atoms with Crippen LogP contribution in [0.5, 0.6) is 0 Å². The highest BCUT2D eigenvalue weighted by Gasteiger charge is 2.31. The predicted octanol–water partition coefficient (Wildman–Crippen LogP) is 4.15. The average Bonchev–Trinajstić information content (AvgIpc) is 3.15. The SMILES string of the molecule is O=c1c2ccsc2ccn1-c1ccc(N[C@H]2CCC(Nc3noc(C4CC4)n3)C2)nc1. The lowest BCUT2D eigenvalue weighted by Crippen LogP contribution is -2.22. The number of hydrogen-bond acceptors (Lipinski definition) is 8. The van der Waals surface area contributed by atoms with E-state index >= 15 is 0 Å². The molecule has 2 N–H and O–H groups in total. The fraction of sp³-hybridized carbons (Fsp3) is 0.364. The summed E-state index contributed by atoms with van der Waals surface area (Å²) in [4.78, 5) is 21.7. The molecule has 0 aliphatic heterocycles. The van der Waals surface area contributed by atoms with Crippen molar-refractivity contribution in [3.8, 4) is 5.69 Å². The van der Waals surface area contributed by atoms with Crippen molar-refractivity contribution in [2.24, 2.45) is 0 Å². The zero-order valence-electron chi connectivity index (χ0n) is 16.8. The van der Waals surface area contributed by atoms with Crippen molar-refractivity contribution in [2.45, 2.75) is 50.1 Å². The molecule has 4 aromatic rings. The molecule has 2 fully saturated rings. The molecule has 158 valence electrons. The van der Waals surface area contributed by atoms with E-state index in [1.165, 1.54) is 0 Å². The van der Waals surface area contributed by atoms with E-state index in [9.17, 15) is 4.79 Å². The topological polar surface area (TPSA) is 97.9 Å². The van der Waals surface area contributed by atoms with Crippen molar-refractivity contribution >= 4 is 33.2 Å². The van der Waals surface area contributed by atoms with Crippen LogP contribution in [0.4, 0.5) is 11.8 Å². The van der Waals surface area contributed by atoms with Crippen molar-refractivity contribution in [1.82, 2.24) is 19.7 Å². The molecule has 2 aliphatic carbocycles. The van der Waals surface area contributed by atoms with E-state index in [2.05, 4.69) is 25.8 Å². The van der Waals surface area contributed by atoms with E-state index in [-0.39, 0.29) is 5.56 Å². The lowest BCUT2D eigenvalue weighted by atomic mass is 10.2. The summed E-state index contributed by atoms with van der Waals surface area (Å²) >= 11 is 1.57. The summed E-state index contributed by atoms with van der Waals surface area (Å²) in [5.41, 5.74) is 0.746. The summed E-state index contributed by atoms with van der Waals surface area (Å²) < 4.78 is 7.97. The summed E-state index contributed by atoms with van der Waals surface area (Å²) in [6.45, 7) is 0. The Morgan fingerprint density at radius 1 is 1.06 bits per heavy atom. The third-order valence-electron chi connectivity index (χ3n) is 6.03. The number of fused-ring (bicyclic) bond motifs is 1. The van der Waals surface area contributed by atoms with Gasteiger partial charge < -0.3 is 15.2 Å². The average molecular weight is 435 g/mol. The normalized spacial score (nSPS) is 20.9. The Bertz CT molecular complexity index is 1270. The van der Waals surface area contributed by atoms with Crippen molar-refractivity contribution in [3.63, 3.8) is 0 Å². The van der Waals surface area contributed by atoms with Crippen molar-refractivity contribution < 1.29 is 4.52 Å². The minimum absolute atomic E-state index is 0.0164. The molecule has 2 saturated carbocycles. The molecule has 1 unspecified atom stereocenters. The maximum absolute atomic E-state index is 12.7. The molecule has 0 spiro atoms. The predicted molar refractivity (Wildman–Crippen MR) is 120 cm³/mol. The molecule has 8 nitrogen and oxygen atoms in total. The first-order valence-electron chi connectivity index (χ1n) is 10.6. The van der Waals surface area contributed by atoms with E-state index in [0.29, 0.717) is 23.9 Å². The van der Waals surface area contributed by atoms with Gasteiger partial charge in [-0.1, -0.05) is 0 Å². The third-order valence-corrected chi connectivity index (χ3v) is 6.91. The highest BCUT2D eigenvalue weighted by molar-refractivity contribution is 7.17. The van der Waals surface area contributed by atoms with Crippen LogP contribution in [0.15, 0.2) is 51.4 Å². The minimum atomic E-state index is -0.0164. The molecule has 0 saturated heterocycles. The monoisotopic (exact) mass is 434 g/mol. The summed E-state index contributed by atoms with van der Waals surface area (Å²) in [7, 11) is 0. The molecule has 2 aliphatic rings. The smallest absolute Gasteiger partial charge is 0.263 e. The second kappa shape index (κ2) is 7.49. The minimum Gasteiger partial charge on any atom is -0.367 e. The summed E-state index contributed by atoms with van der Waals surface area (Å²) in [6.07, 6.45) is 8.91. The fourth-order valence-corrected chi connectivity index (χ4v) is 4.98. The van der Waals surface area contributed by atoms with Gasteiger partial charge in [0.25, 0.3) is 11.5 Å². The van der Waals surface area contributed by atoms with Crippen LogP contribution >= 0.6 is 11.3 Å². The molecule has 0 aromatic carbocycles. The highest BCUT2D eigenvalue weighted by atomic mass is 32.1. The number of nitrogens with one attached hydrogen (secondary N) is 2. The zero-order chi connectivity index (χ0) is 20.8. The number of thiophene rings is 1. The molecular weight excluding hydrogens is 412 g/mol. The number of hydrogen-bond donors (Lipinski definition) is 2. The van der Waals surface area contributed by atoms with Gasteiger partial charge in [0.2, 0.25) is 5.89 Å².